The smallest absolute Gasteiger partial charge is 0.252 e. The summed E-state index contributed by atoms with van der Waals surface area (Å²) in [5.74, 6) is 0.258. The molecule has 24 heavy (non-hydrogen) atoms. The van der Waals surface area contributed by atoms with E-state index in [4.69, 9.17) is 0 Å². The molecule has 0 atom stereocenters. The van der Waals surface area contributed by atoms with Gasteiger partial charge in [0.15, 0.2) is 11.9 Å². The molecule has 5 heteroatoms. The number of rotatable bonds is 4. The average Bonchev–Trinajstić information content (AvgIpc) is 2.61. The fourth-order valence-corrected chi connectivity index (χ4v) is 3.22. The lowest BCUT2D eigenvalue weighted by Gasteiger charge is -2.31. The number of carbonyl (C=O) groups is 1. The second kappa shape index (κ2) is 7.45. The van der Waals surface area contributed by atoms with Crippen molar-refractivity contribution in [3.05, 3.63) is 70.7 Å². The molecule has 1 saturated heterocycles. The molecule has 2 aromatic rings. The highest BCUT2D eigenvalue weighted by molar-refractivity contribution is 5.94. The van der Waals surface area contributed by atoms with Crippen molar-refractivity contribution >= 4 is 5.91 Å². The number of amides is 1. The Morgan fingerprint density at radius 3 is 2.75 bits per heavy atom. The van der Waals surface area contributed by atoms with Crippen molar-refractivity contribution in [1.29, 1.82) is 0 Å². The van der Waals surface area contributed by atoms with Crippen molar-refractivity contribution in [2.75, 3.05) is 19.8 Å². The number of likely N-dealkylation sites (tertiary alicyclic amines) is 1. The molecule has 3 rings (SSSR count). The molecule has 1 fully saturated rings. The Kier molecular flexibility index (Phi) is 5.11. The van der Waals surface area contributed by atoms with Gasteiger partial charge in [-0.2, -0.15) is 4.73 Å². The Hall–Kier alpha value is -2.40. The van der Waals surface area contributed by atoms with Gasteiger partial charge in [0.25, 0.3) is 5.91 Å². The van der Waals surface area contributed by atoms with E-state index in [-0.39, 0.29) is 5.91 Å². The maximum atomic E-state index is 12.2. The first-order valence-corrected chi connectivity index (χ1v) is 8.39. The van der Waals surface area contributed by atoms with E-state index in [1.807, 2.05) is 43.3 Å². The second-order valence-corrected chi connectivity index (χ2v) is 6.38. The van der Waals surface area contributed by atoms with Crippen molar-refractivity contribution in [3.8, 4) is 0 Å². The predicted molar refractivity (Wildman–Crippen MR) is 92.5 cm³/mol. The molecule has 0 spiro atoms. The lowest BCUT2D eigenvalue weighted by atomic mass is 9.93. The van der Waals surface area contributed by atoms with Crippen LogP contribution in [0.15, 0.2) is 48.7 Å². The largest absolute Gasteiger partial charge is 0.618 e. The summed E-state index contributed by atoms with van der Waals surface area (Å²) < 4.78 is 0.972. The Balaban J connectivity index is 1.49. The number of hydrogen-bond donors (Lipinski definition) is 1. The topological polar surface area (TPSA) is 59.3 Å². The van der Waals surface area contributed by atoms with Gasteiger partial charge in [-0.15, -0.1) is 0 Å². The van der Waals surface area contributed by atoms with Gasteiger partial charge in [-0.1, -0.05) is 23.8 Å². The summed E-state index contributed by atoms with van der Waals surface area (Å²) in [6, 6.07) is 13.2. The molecule has 1 N–H and O–H groups in total. The zero-order valence-electron chi connectivity index (χ0n) is 13.9. The van der Waals surface area contributed by atoms with E-state index >= 15 is 0 Å². The molecular formula is C19H23N3O2. The fraction of sp³-hybridized carbons (Fsp3) is 0.368. The summed E-state index contributed by atoms with van der Waals surface area (Å²) in [6.07, 6.45) is 3.43. The Morgan fingerprint density at radius 2 is 2.04 bits per heavy atom. The number of nitrogens with one attached hydrogen (secondary N) is 1. The van der Waals surface area contributed by atoms with Crippen LogP contribution in [0.1, 0.15) is 40.4 Å². The summed E-state index contributed by atoms with van der Waals surface area (Å²) in [4.78, 5) is 14.4. The SMILES string of the molecule is Cc1cccc(C(=O)NCN2CCC(c3cccc[n+]3[O-])CC2)c1. The number of aryl methyl sites for hydroxylation is 1. The highest BCUT2D eigenvalue weighted by Gasteiger charge is 2.25. The van der Waals surface area contributed by atoms with E-state index in [1.165, 1.54) is 0 Å². The molecule has 126 valence electrons. The zero-order chi connectivity index (χ0) is 16.9. The van der Waals surface area contributed by atoms with Gasteiger partial charge in [0.2, 0.25) is 0 Å². The highest BCUT2D eigenvalue weighted by Crippen LogP contribution is 2.25. The quantitative estimate of drug-likeness (QED) is 0.692. The molecule has 5 nitrogen and oxygen atoms in total. The summed E-state index contributed by atoms with van der Waals surface area (Å²) in [5.41, 5.74) is 2.62. The number of nitrogens with zero attached hydrogens (tertiary/aromatic N) is 2. The summed E-state index contributed by atoms with van der Waals surface area (Å²) in [7, 11) is 0. The monoisotopic (exact) mass is 325 g/mol. The highest BCUT2D eigenvalue weighted by atomic mass is 16.5. The minimum absolute atomic E-state index is 0.0405. The molecule has 0 bridgehead atoms. The van der Waals surface area contributed by atoms with E-state index in [9.17, 15) is 10.0 Å². The van der Waals surface area contributed by atoms with Crippen LogP contribution in [0.2, 0.25) is 0 Å². The maximum absolute atomic E-state index is 12.2. The fourth-order valence-electron chi connectivity index (χ4n) is 3.22. The molecule has 1 aromatic heterocycles. The number of pyridine rings is 1. The standard InChI is InChI=1S/C19H23N3O2/c1-15-5-4-6-17(13-15)19(23)20-14-21-11-8-16(9-12-21)18-7-2-3-10-22(18)24/h2-7,10,13,16H,8-9,11-12,14H2,1H3,(H,20,23). The van der Waals surface area contributed by atoms with Gasteiger partial charge in [-0.3, -0.25) is 9.69 Å². The minimum atomic E-state index is -0.0405. The molecular weight excluding hydrogens is 302 g/mol. The number of piperidine rings is 1. The van der Waals surface area contributed by atoms with Crippen molar-refractivity contribution in [2.24, 2.45) is 0 Å². The lowest BCUT2D eigenvalue weighted by Crippen LogP contribution is -2.43. The first-order valence-electron chi connectivity index (χ1n) is 8.39. The third-order valence-electron chi connectivity index (χ3n) is 4.60. The zero-order valence-corrected chi connectivity index (χ0v) is 13.9. The predicted octanol–water partition coefficient (Wildman–Crippen LogP) is 2.20. The molecule has 1 aromatic carbocycles. The third kappa shape index (κ3) is 3.92. The summed E-state index contributed by atoms with van der Waals surface area (Å²) >= 11 is 0. The van der Waals surface area contributed by atoms with Crippen molar-refractivity contribution in [2.45, 2.75) is 25.7 Å². The number of hydrogen-bond acceptors (Lipinski definition) is 3. The lowest BCUT2D eigenvalue weighted by molar-refractivity contribution is -0.616. The molecule has 0 unspecified atom stereocenters. The number of aromatic nitrogens is 1. The molecule has 1 aliphatic heterocycles. The van der Waals surface area contributed by atoms with Crippen LogP contribution in [0.25, 0.3) is 0 Å². The maximum Gasteiger partial charge on any atom is 0.252 e. The van der Waals surface area contributed by atoms with Crippen LogP contribution in [-0.2, 0) is 0 Å². The van der Waals surface area contributed by atoms with Gasteiger partial charge >= 0.3 is 0 Å². The van der Waals surface area contributed by atoms with Crippen LogP contribution in [0.3, 0.4) is 0 Å². The normalized spacial score (nSPS) is 16.0. The molecule has 2 heterocycles. The van der Waals surface area contributed by atoms with Gasteiger partial charge in [0, 0.05) is 36.7 Å². The molecule has 1 aliphatic rings. The summed E-state index contributed by atoms with van der Waals surface area (Å²) in [5, 5.41) is 14.8. The van der Waals surface area contributed by atoms with Crippen LogP contribution in [0, 0.1) is 12.1 Å². The van der Waals surface area contributed by atoms with Crippen LogP contribution in [-0.4, -0.2) is 30.6 Å². The van der Waals surface area contributed by atoms with Crippen LogP contribution < -0.4 is 10.0 Å². The third-order valence-corrected chi connectivity index (χ3v) is 4.60. The first kappa shape index (κ1) is 16.5. The molecule has 0 saturated carbocycles. The molecule has 0 aliphatic carbocycles. The number of benzene rings is 1. The first-order chi connectivity index (χ1) is 11.6. The number of carbonyl (C=O) groups excluding carboxylic acids is 1. The Labute approximate surface area is 142 Å². The average molecular weight is 325 g/mol. The van der Waals surface area contributed by atoms with Crippen molar-refractivity contribution in [1.82, 2.24) is 10.2 Å². The van der Waals surface area contributed by atoms with E-state index in [0.717, 1.165) is 41.9 Å². The van der Waals surface area contributed by atoms with Crippen molar-refractivity contribution < 1.29 is 9.52 Å². The molecule has 1 amide bonds. The Bertz CT molecular complexity index is 709. The van der Waals surface area contributed by atoms with Gasteiger partial charge in [0.1, 0.15) is 0 Å². The van der Waals surface area contributed by atoms with Crippen LogP contribution in [0.4, 0.5) is 0 Å². The van der Waals surface area contributed by atoms with E-state index in [0.29, 0.717) is 18.2 Å². The van der Waals surface area contributed by atoms with Gasteiger partial charge in [0.05, 0.1) is 6.67 Å². The van der Waals surface area contributed by atoms with Gasteiger partial charge in [-0.05, 0) is 31.9 Å². The van der Waals surface area contributed by atoms with Gasteiger partial charge < -0.3 is 10.5 Å². The second-order valence-electron chi connectivity index (χ2n) is 6.38. The van der Waals surface area contributed by atoms with Gasteiger partial charge in [-0.25, -0.2) is 0 Å². The summed E-state index contributed by atoms with van der Waals surface area (Å²) in [6.45, 7) is 4.29. The van der Waals surface area contributed by atoms with E-state index in [2.05, 4.69) is 10.2 Å². The van der Waals surface area contributed by atoms with Crippen molar-refractivity contribution in [3.63, 3.8) is 0 Å². The molecule has 0 radical (unpaired) electrons. The van der Waals surface area contributed by atoms with Crippen LogP contribution >= 0.6 is 0 Å². The Morgan fingerprint density at radius 1 is 1.25 bits per heavy atom. The van der Waals surface area contributed by atoms with Crippen LogP contribution in [0.5, 0.6) is 0 Å². The minimum Gasteiger partial charge on any atom is -0.618 e. The van der Waals surface area contributed by atoms with E-state index in [1.54, 1.807) is 12.3 Å². The van der Waals surface area contributed by atoms with E-state index < -0.39 is 0 Å².